The van der Waals surface area contributed by atoms with Gasteiger partial charge in [0.2, 0.25) is 0 Å². The van der Waals surface area contributed by atoms with Gasteiger partial charge in [0.15, 0.2) is 0 Å². The highest BCUT2D eigenvalue weighted by atomic mass is 35.5. The van der Waals surface area contributed by atoms with Gasteiger partial charge < -0.3 is 0 Å². The van der Waals surface area contributed by atoms with E-state index in [1.807, 2.05) is 17.1 Å². The highest BCUT2D eigenvalue weighted by molar-refractivity contribution is 6.30. The Kier molecular flexibility index (Phi) is 3.47. The van der Waals surface area contributed by atoms with Gasteiger partial charge in [0, 0.05) is 23.8 Å². The van der Waals surface area contributed by atoms with Crippen molar-refractivity contribution in [1.29, 1.82) is 0 Å². The van der Waals surface area contributed by atoms with Crippen LogP contribution in [0.1, 0.15) is 18.2 Å². The van der Waals surface area contributed by atoms with Gasteiger partial charge in [-0.3, -0.25) is 9.91 Å². The standard InChI is InChI=1S/C17H15ClFN3O/c18-13-3-1-4-15(11-13)22-16(12-5-7-14(19)8-6-12)20-9-2-10-21(20)17(22)23/h1,3-8,11,16H,2,9-10H2. The SMILES string of the molecule is O=C1N(c2cccc(Cl)c2)C(c2ccc(F)cc2)N2CCCN12. The Labute approximate surface area is 138 Å². The molecule has 23 heavy (non-hydrogen) atoms. The third kappa shape index (κ3) is 2.36. The molecule has 2 aromatic carbocycles. The molecule has 2 fully saturated rings. The van der Waals surface area contributed by atoms with Crippen molar-refractivity contribution in [3.05, 3.63) is 64.9 Å². The number of carbonyl (C=O) groups excluding carboxylic acids is 1. The van der Waals surface area contributed by atoms with Gasteiger partial charge in [-0.05, 0) is 42.3 Å². The van der Waals surface area contributed by atoms with Gasteiger partial charge in [0.1, 0.15) is 12.0 Å². The van der Waals surface area contributed by atoms with Crippen LogP contribution in [0.15, 0.2) is 48.5 Å². The van der Waals surface area contributed by atoms with Crippen LogP contribution >= 0.6 is 11.6 Å². The first-order valence-electron chi connectivity index (χ1n) is 7.53. The summed E-state index contributed by atoms with van der Waals surface area (Å²) in [5.74, 6) is -0.286. The number of carbonyl (C=O) groups is 1. The molecule has 0 aliphatic carbocycles. The Hall–Kier alpha value is -2.11. The fraction of sp³-hybridized carbons (Fsp3) is 0.235. The summed E-state index contributed by atoms with van der Waals surface area (Å²) in [5.41, 5.74) is 1.62. The molecule has 2 heterocycles. The number of hydrazine groups is 1. The molecule has 2 aliphatic rings. The molecular weight excluding hydrogens is 317 g/mol. The molecule has 6 heteroatoms. The summed E-state index contributed by atoms with van der Waals surface area (Å²) in [4.78, 5) is 14.6. The van der Waals surface area contributed by atoms with Crippen molar-refractivity contribution in [2.45, 2.75) is 12.6 Å². The summed E-state index contributed by atoms with van der Waals surface area (Å²) < 4.78 is 13.3. The van der Waals surface area contributed by atoms with Crippen molar-refractivity contribution in [3.8, 4) is 0 Å². The van der Waals surface area contributed by atoms with Crippen LogP contribution in [0.3, 0.4) is 0 Å². The number of amides is 2. The maximum atomic E-state index is 13.3. The van der Waals surface area contributed by atoms with Crippen LogP contribution in [0, 0.1) is 5.82 Å². The minimum atomic E-state index is -0.286. The highest BCUT2D eigenvalue weighted by Crippen LogP contribution is 2.40. The first kappa shape index (κ1) is 14.5. The lowest BCUT2D eigenvalue weighted by Gasteiger charge is -2.28. The van der Waals surface area contributed by atoms with E-state index in [-0.39, 0.29) is 18.0 Å². The van der Waals surface area contributed by atoms with E-state index in [0.717, 1.165) is 24.2 Å². The van der Waals surface area contributed by atoms with Crippen molar-refractivity contribution >= 4 is 23.3 Å². The van der Waals surface area contributed by atoms with Gasteiger partial charge in [-0.1, -0.05) is 29.8 Å². The van der Waals surface area contributed by atoms with E-state index < -0.39 is 0 Å². The first-order chi connectivity index (χ1) is 11.1. The van der Waals surface area contributed by atoms with E-state index in [9.17, 15) is 9.18 Å². The molecule has 2 aliphatic heterocycles. The number of anilines is 1. The number of hydrogen-bond acceptors (Lipinski definition) is 2. The smallest absolute Gasteiger partial charge is 0.271 e. The number of hydrogen-bond donors (Lipinski definition) is 0. The average Bonchev–Trinajstić information content (AvgIpc) is 3.11. The van der Waals surface area contributed by atoms with Crippen LogP contribution in [-0.4, -0.2) is 29.1 Å². The molecule has 2 saturated heterocycles. The van der Waals surface area contributed by atoms with Crippen molar-refractivity contribution in [2.75, 3.05) is 18.0 Å². The summed E-state index contributed by atoms with van der Waals surface area (Å²) in [6, 6.07) is 13.5. The van der Waals surface area contributed by atoms with E-state index in [1.54, 1.807) is 34.2 Å². The zero-order chi connectivity index (χ0) is 16.0. The molecule has 0 bridgehead atoms. The third-order valence-electron chi connectivity index (χ3n) is 4.28. The lowest BCUT2D eigenvalue weighted by atomic mass is 10.1. The first-order valence-corrected chi connectivity index (χ1v) is 7.91. The Bertz CT molecular complexity index is 752. The monoisotopic (exact) mass is 331 g/mol. The molecule has 0 N–H and O–H groups in total. The van der Waals surface area contributed by atoms with Crippen LogP contribution in [0.2, 0.25) is 5.02 Å². The van der Waals surface area contributed by atoms with Crippen LogP contribution in [0.25, 0.3) is 0 Å². The molecule has 2 aromatic rings. The molecule has 1 unspecified atom stereocenters. The van der Waals surface area contributed by atoms with Crippen LogP contribution in [0.5, 0.6) is 0 Å². The van der Waals surface area contributed by atoms with Crippen molar-refractivity contribution in [3.63, 3.8) is 0 Å². The highest BCUT2D eigenvalue weighted by Gasteiger charge is 2.47. The van der Waals surface area contributed by atoms with Crippen molar-refractivity contribution < 1.29 is 9.18 Å². The van der Waals surface area contributed by atoms with Gasteiger partial charge >= 0.3 is 6.03 Å². The fourth-order valence-corrected chi connectivity index (χ4v) is 3.47. The molecule has 118 valence electrons. The molecule has 2 amide bonds. The zero-order valence-corrected chi connectivity index (χ0v) is 13.1. The number of benzene rings is 2. The van der Waals surface area contributed by atoms with E-state index in [1.165, 1.54) is 12.1 Å². The largest absolute Gasteiger partial charge is 0.340 e. The van der Waals surface area contributed by atoms with Gasteiger partial charge in [-0.2, -0.15) is 5.01 Å². The Balaban J connectivity index is 1.81. The second-order valence-corrected chi connectivity index (χ2v) is 6.13. The van der Waals surface area contributed by atoms with Gasteiger partial charge in [0.25, 0.3) is 0 Å². The van der Waals surface area contributed by atoms with E-state index in [4.69, 9.17) is 11.6 Å². The maximum absolute atomic E-state index is 13.3. The van der Waals surface area contributed by atoms with Crippen LogP contribution in [-0.2, 0) is 0 Å². The fourth-order valence-electron chi connectivity index (χ4n) is 3.29. The Morgan fingerprint density at radius 2 is 1.87 bits per heavy atom. The molecule has 1 atom stereocenters. The zero-order valence-electron chi connectivity index (χ0n) is 12.3. The number of nitrogens with zero attached hydrogens (tertiary/aromatic N) is 3. The minimum Gasteiger partial charge on any atom is -0.271 e. The summed E-state index contributed by atoms with van der Waals surface area (Å²) in [6.45, 7) is 1.50. The molecule has 0 spiro atoms. The third-order valence-corrected chi connectivity index (χ3v) is 4.51. The molecule has 0 aromatic heterocycles. The predicted molar refractivity (Wildman–Crippen MR) is 86.5 cm³/mol. The number of rotatable bonds is 2. The maximum Gasteiger partial charge on any atom is 0.340 e. The van der Waals surface area contributed by atoms with Gasteiger partial charge in [0.05, 0.1) is 0 Å². The topological polar surface area (TPSA) is 26.8 Å². The van der Waals surface area contributed by atoms with Crippen molar-refractivity contribution in [1.82, 2.24) is 10.0 Å². The molecule has 0 radical (unpaired) electrons. The van der Waals surface area contributed by atoms with E-state index >= 15 is 0 Å². The quantitative estimate of drug-likeness (QED) is 0.830. The van der Waals surface area contributed by atoms with Gasteiger partial charge in [-0.25, -0.2) is 9.18 Å². The predicted octanol–water partition coefficient (Wildman–Crippen LogP) is 4.04. The summed E-state index contributed by atoms with van der Waals surface area (Å²) in [5, 5.41) is 4.38. The normalized spacial score (nSPS) is 21.1. The minimum absolute atomic E-state index is 0.0703. The summed E-state index contributed by atoms with van der Waals surface area (Å²) in [6.07, 6.45) is 0.663. The Morgan fingerprint density at radius 3 is 2.61 bits per heavy atom. The lowest BCUT2D eigenvalue weighted by molar-refractivity contribution is 0.0727. The number of urea groups is 1. The average molecular weight is 332 g/mol. The number of halogens is 2. The molecule has 0 saturated carbocycles. The molecule has 4 rings (SSSR count). The van der Waals surface area contributed by atoms with E-state index in [0.29, 0.717) is 11.6 Å². The number of fused-ring (bicyclic) bond motifs is 1. The van der Waals surface area contributed by atoms with Crippen molar-refractivity contribution in [2.24, 2.45) is 0 Å². The summed E-state index contributed by atoms with van der Waals surface area (Å²) >= 11 is 6.09. The second-order valence-electron chi connectivity index (χ2n) is 5.70. The van der Waals surface area contributed by atoms with Gasteiger partial charge in [-0.15, -0.1) is 0 Å². The van der Waals surface area contributed by atoms with E-state index in [2.05, 4.69) is 0 Å². The molecule has 4 nitrogen and oxygen atoms in total. The lowest BCUT2D eigenvalue weighted by Crippen LogP contribution is -2.32. The van der Waals surface area contributed by atoms with Crippen LogP contribution in [0.4, 0.5) is 14.9 Å². The Morgan fingerprint density at radius 1 is 1.09 bits per heavy atom. The molecular formula is C17H15ClFN3O. The van der Waals surface area contributed by atoms with Crippen LogP contribution < -0.4 is 4.90 Å². The second kappa shape index (κ2) is 5.51. The summed E-state index contributed by atoms with van der Waals surface area (Å²) in [7, 11) is 0.